The van der Waals surface area contributed by atoms with Crippen molar-refractivity contribution in [3.8, 4) is 0 Å². The van der Waals surface area contributed by atoms with Crippen LogP contribution in [-0.2, 0) is 12.0 Å². The fourth-order valence-corrected chi connectivity index (χ4v) is 8.75. The molecule has 0 heterocycles. The second-order valence-electron chi connectivity index (χ2n) is 7.04. The third-order valence-corrected chi connectivity index (χ3v) is 10.0. The van der Waals surface area contributed by atoms with Gasteiger partial charge in [-0.1, -0.05) is 74.4 Å². The Kier molecular flexibility index (Phi) is 12.5. The Balaban J connectivity index is 0.000000735. The summed E-state index contributed by atoms with van der Waals surface area (Å²) in [7, 11) is 8.55. The van der Waals surface area contributed by atoms with E-state index in [4.69, 9.17) is 31.0 Å². The number of rotatable bonds is 8. The Morgan fingerprint density at radius 1 is 0.767 bits per heavy atom. The van der Waals surface area contributed by atoms with Gasteiger partial charge in [-0.3, -0.25) is 0 Å². The van der Waals surface area contributed by atoms with Gasteiger partial charge in [0, 0.05) is 0 Å². The van der Waals surface area contributed by atoms with Crippen molar-refractivity contribution in [2.24, 2.45) is 0 Å². The molecule has 0 amide bonds. The first-order chi connectivity index (χ1) is 14.5. The van der Waals surface area contributed by atoms with Crippen LogP contribution in [0.25, 0.3) is 0 Å². The summed E-state index contributed by atoms with van der Waals surface area (Å²) in [4.78, 5) is 0. The minimum absolute atomic E-state index is 0.184. The number of alkyl halides is 1. The van der Waals surface area contributed by atoms with Crippen LogP contribution < -0.4 is 15.9 Å². The maximum atomic E-state index is 6.92. The molecule has 1 atom stereocenters. The summed E-state index contributed by atoms with van der Waals surface area (Å²) in [6.07, 6.45) is 4.46. The summed E-state index contributed by atoms with van der Waals surface area (Å²) in [5.41, 5.74) is 0. The van der Waals surface area contributed by atoms with E-state index in [1.165, 1.54) is 28.8 Å². The molecule has 0 nitrogen and oxygen atoms in total. The van der Waals surface area contributed by atoms with Gasteiger partial charge in [0.2, 0.25) is 0 Å². The Bertz CT molecular complexity index is 735. The Labute approximate surface area is 207 Å². The first kappa shape index (κ1) is 26.3. The predicted octanol–water partition coefficient (Wildman–Crippen LogP) is 8.00. The number of halogens is 4. The van der Waals surface area contributed by atoms with Gasteiger partial charge in [0.05, 0.1) is 11.5 Å². The van der Waals surface area contributed by atoms with Crippen LogP contribution in [0, 0.1) is 0 Å². The van der Waals surface area contributed by atoms with E-state index in [-0.39, 0.29) is 5.38 Å². The molecule has 0 bridgehead atoms. The first-order valence-corrected chi connectivity index (χ1v) is 27.4. The van der Waals surface area contributed by atoms with Crippen molar-refractivity contribution < 1.29 is 12.0 Å². The zero-order valence-electron chi connectivity index (χ0n) is 17.2. The van der Waals surface area contributed by atoms with E-state index in [1.54, 1.807) is 0 Å². The summed E-state index contributed by atoms with van der Waals surface area (Å²) < 4.78 is 0. The normalized spacial score (nSPS) is 11.9. The Morgan fingerprint density at radius 3 is 1.40 bits per heavy atom. The van der Waals surface area contributed by atoms with E-state index in [1.807, 2.05) is 0 Å². The summed E-state index contributed by atoms with van der Waals surface area (Å²) in [6, 6.07) is 33.0. The van der Waals surface area contributed by atoms with E-state index in [0.29, 0.717) is 0 Å². The van der Waals surface area contributed by atoms with Crippen LogP contribution in [0.15, 0.2) is 91.0 Å². The average molecular weight is 598 g/mol. The molecule has 3 aromatic rings. The average Bonchev–Trinajstić information content (AvgIpc) is 2.77. The molecule has 30 heavy (non-hydrogen) atoms. The molecular weight excluding hydrogens is 571 g/mol. The number of unbranched alkanes of at least 4 members (excludes halogenated alkanes) is 1. The summed E-state index contributed by atoms with van der Waals surface area (Å²) in [5.74, 6) is 0. The van der Waals surface area contributed by atoms with Crippen molar-refractivity contribution in [2.75, 3.05) is 6.16 Å². The van der Waals surface area contributed by atoms with Crippen LogP contribution in [0.4, 0.5) is 0 Å². The summed E-state index contributed by atoms with van der Waals surface area (Å²) >= 11 is 8.06. The van der Waals surface area contributed by atoms with Crippen LogP contribution in [0.2, 0.25) is 0 Å². The molecule has 0 fully saturated rings. The van der Waals surface area contributed by atoms with Crippen molar-refractivity contribution in [2.45, 2.75) is 31.6 Å². The predicted molar refractivity (Wildman–Crippen MR) is 140 cm³/mol. The molecule has 3 rings (SSSR count). The topological polar surface area (TPSA) is 0 Å². The number of benzene rings is 3. The second kappa shape index (κ2) is 14.3. The van der Waals surface area contributed by atoms with E-state index in [2.05, 4.69) is 112 Å². The van der Waals surface area contributed by atoms with Gasteiger partial charge in [0.1, 0.15) is 23.2 Å². The number of hydrogen-bond donors (Lipinski definition) is 0. The van der Waals surface area contributed by atoms with E-state index >= 15 is 0 Å². The van der Waals surface area contributed by atoms with Crippen LogP contribution in [-0.4, -0.2) is 11.5 Å². The molecule has 0 spiro atoms. The molecule has 0 radical (unpaired) electrons. The molecule has 0 aliphatic rings. The second-order valence-corrected chi connectivity index (χ2v) is 32.0. The molecule has 0 aliphatic heterocycles. The minimum atomic E-state index is -1.87. The van der Waals surface area contributed by atoms with Crippen molar-refractivity contribution in [1.29, 1.82) is 0 Å². The van der Waals surface area contributed by atoms with Crippen molar-refractivity contribution in [3.63, 3.8) is 0 Å². The molecule has 0 aliphatic carbocycles. The third-order valence-electron chi connectivity index (χ3n) is 4.93. The quantitative estimate of drug-likeness (QED) is 0.140. The molecule has 158 valence electrons. The van der Waals surface area contributed by atoms with E-state index < -0.39 is 19.3 Å². The van der Waals surface area contributed by atoms with Gasteiger partial charge in [-0.05, 0) is 42.8 Å². The van der Waals surface area contributed by atoms with Crippen molar-refractivity contribution in [1.82, 2.24) is 0 Å². The van der Waals surface area contributed by atoms with E-state index in [0.717, 1.165) is 12.6 Å². The standard InChI is InChI=1S/C24H27ClP.BrH.2ClH.Zn/c1-2-3-13-21(25)20-26(22-14-7-4-8-15-22,23-16-9-5-10-17-23)24-18-11-6-12-19-24;;;;/h4-12,14-19,21H,2-3,13,20H2,1H3;3*1H;/q+1;;;;+2/p-3. The van der Waals surface area contributed by atoms with Crippen LogP contribution >= 0.6 is 51.9 Å². The number of hydrogen-bond acceptors (Lipinski definition) is 0. The monoisotopic (exact) mass is 594 g/mol. The fraction of sp³-hybridized carbons (Fsp3) is 0.250. The first-order valence-electron chi connectivity index (χ1n) is 10.3. The zero-order valence-corrected chi connectivity index (χ0v) is 24.9. The zero-order chi connectivity index (χ0) is 21.8. The molecule has 0 aromatic heterocycles. The van der Waals surface area contributed by atoms with E-state index in [9.17, 15) is 0 Å². The van der Waals surface area contributed by atoms with Crippen molar-refractivity contribution >= 4 is 67.8 Å². The molecule has 0 saturated heterocycles. The van der Waals surface area contributed by atoms with Crippen LogP contribution in [0.1, 0.15) is 26.2 Å². The molecular formula is C24H27BrCl3PZn. The van der Waals surface area contributed by atoms with Gasteiger partial charge >= 0.3 is 45.0 Å². The maximum absolute atomic E-state index is 6.92. The van der Waals surface area contributed by atoms with Gasteiger partial charge in [-0.25, -0.2) is 0 Å². The van der Waals surface area contributed by atoms with Crippen LogP contribution in [0.5, 0.6) is 0 Å². The van der Waals surface area contributed by atoms with Crippen LogP contribution in [0.3, 0.4) is 0 Å². The van der Waals surface area contributed by atoms with Gasteiger partial charge in [-0.15, -0.1) is 11.6 Å². The van der Waals surface area contributed by atoms with Gasteiger partial charge in [0.25, 0.3) is 0 Å². The molecule has 3 aromatic carbocycles. The van der Waals surface area contributed by atoms with Gasteiger partial charge in [0.15, 0.2) is 0 Å². The van der Waals surface area contributed by atoms with Gasteiger partial charge < -0.3 is 0 Å². The molecule has 0 saturated carbocycles. The van der Waals surface area contributed by atoms with Crippen molar-refractivity contribution in [3.05, 3.63) is 91.0 Å². The summed E-state index contributed by atoms with van der Waals surface area (Å²) in [5, 5.41) is 4.43. The molecule has 1 unspecified atom stereocenters. The fourth-order valence-electron chi connectivity index (χ4n) is 3.62. The SMILES string of the molecule is CCCCC(Cl)C[P+](c1ccccc1)(c1ccccc1)c1ccccc1.[Cl][Zn-]([Cl])[Br]. The Hall–Kier alpha value is 0.0634. The Morgan fingerprint density at radius 2 is 1.10 bits per heavy atom. The summed E-state index contributed by atoms with van der Waals surface area (Å²) in [6.45, 7) is 2.23. The molecule has 6 heteroatoms. The molecule has 0 N–H and O–H groups in total. The third kappa shape index (κ3) is 7.88. The van der Waals surface area contributed by atoms with Gasteiger partial charge in [-0.2, -0.15) is 0 Å².